The van der Waals surface area contributed by atoms with Crippen LogP contribution in [0.3, 0.4) is 0 Å². The Balaban J connectivity index is 2.46. The molecule has 1 unspecified atom stereocenters. The first-order chi connectivity index (χ1) is 10.0. The molecule has 6 nitrogen and oxygen atoms in total. The minimum absolute atomic E-state index is 0.128. The van der Waals surface area contributed by atoms with Crippen molar-refractivity contribution in [2.24, 2.45) is 5.73 Å². The highest BCUT2D eigenvalue weighted by atomic mass is 32.2. The predicted molar refractivity (Wildman–Crippen MR) is 79.9 cm³/mol. The molecule has 3 N–H and O–H groups in total. The Morgan fingerprint density at radius 2 is 2.05 bits per heavy atom. The van der Waals surface area contributed by atoms with Crippen molar-refractivity contribution in [3.8, 4) is 11.3 Å². The summed E-state index contributed by atoms with van der Waals surface area (Å²) in [6.07, 6.45) is 1.62. The highest BCUT2D eigenvalue weighted by molar-refractivity contribution is 7.99. The lowest BCUT2D eigenvalue weighted by Gasteiger charge is -2.16. The summed E-state index contributed by atoms with van der Waals surface area (Å²) in [5, 5.41) is 9.25. The minimum Gasteiger partial charge on any atom is -0.481 e. The van der Waals surface area contributed by atoms with Crippen LogP contribution in [0, 0.1) is 0 Å². The number of amides is 1. The molecule has 110 valence electrons. The molecule has 1 amide bonds. The van der Waals surface area contributed by atoms with Crippen LogP contribution in [-0.4, -0.2) is 32.3 Å². The van der Waals surface area contributed by atoms with E-state index in [1.54, 1.807) is 17.7 Å². The van der Waals surface area contributed by atoms with Gasteiger partial charge in [0, 0.05) is 0 Å². The first kappa shape index (κ1) is 15.1. The van der Waals surface area contributed by atoms with Crippen LogP contribution in [0.25, 0.3) is 11.3 Å². The van der Waals surface area contributed by atoms with Crippen molar-refractivity contribution < 1.29 is 14.7 Å². The molecule has 1 atom stereocenters. The molecule has 7 heteroatoms. The monoisotopic (exact) mass is 305 g/mol. The van der Waals surface area contributed by atoms with Gasteiger partial charge in [-0.15, -0.1) is 0 Å². The zero-order chi connectivity index (χ0) is 15.4. The predicted octanol–water partition coefficient (Wildman–Crippen LogP) is 1.77. The first-order valence-corrected chi connectivity index (χ1v) is 7.26. The van der Waals surface area contributed by atoms with Crippen molar-refractivity contribution >= 4 is 23.6 Å². The number of benzene rings is 1. The van der Waals surface area contributed by atoms with Crippen molar-refractivity contribution in [1.82, 2.24) is 9.55 Å². The standard InChI is InChI=1S/C14H15N3O3S/c1-9(13(15)20)17-11(10-5-3-2-4-6-10)7-16-14(17)21-8-12(18)19/h2-7,9H,8H2,1H3,(H2,15,20)(H,18,19). The van der Waals surface area contributed by atoms with Gasteiger partial charge >= 0.3 is 5.97 Å². The van der Waals surface area contributed by atoms with Crippen LogP contribution < -0.4 is 5.73 Å². The van der Waals surface area contributed by atoms with Crippen molar-refractivity contribution in [2.75, 3.05) is 5.75 Å². The number of aliphatic carboxylic acids is 1. The number of imidazole rings is 1. The third-order valence-electron chi connectivity index (χ3n) is 2.96. The van der Waals surface area contributed by atoms with Crippen LogP contribution >= 0.6 is 11.8 Å². The van der Waals surface area contributed by atoms with Gasteiger partial charge in [-0.1, -0.05) is 42.1 Å². The molecule has 0 spiro atoms. The molecule has 0 radical (unpaired) electrons. The summed E-state index contributed by atoms with van der Waals surface area (Å²) < 4.78 is 1.67. The van der Waals surface area contributed by atoms with E-state index in [1.165, 1.54) is 0 Å². The second-order valence-electron chi connectivity index (χ2n) is 4.42. The van der Waals surface area contributed by atoms with Crippen LogP contribution in [0.5, 0.6) is 0 Å². The molecule has 0 fully saturated rings. The van der Waals surface area contributed by atoms with Crippen molar-refractivity contribution in [3.05, 3.63) is 36.5 Å². The maximum absolute atomic E-state index is 11.5. The van der Waals surface area contributed by atoms with E-state index in [2.05, 4.69) is 4.98 Å². The average molecular weight is 305 g/mol. The van der Waals surface area contributed by atoms with E-state index in [9.17, 15) is 9.59 Å². The summed E-state index contributed by atoms with van der Waals surface area (Å²) in [6, 6.07) is 8.83. The Kier molecular flexibility index (Phi) is 4.64. The number of aromatic nitrogens is 2. The number of hydrogen-bond donors (Lipinski definition) is 2. The number of carbonyl (C=O) groups excluding carboxylic acids is 1. The number of carboxylic acids is 1. The van der Waals surface area contributed by atoms with Gasteiger partial charge in [-0.05, 0) is 12.5 Å². The van der Waals surface area contributed by atoms with E-state index in [4.69, 9.17) is 10.8 Å². The molecule has 21 heavy (non-hydrogen) atoms. The molecular formula is C14H15N3O3S. The summed E-state index contributed by atoms with van der Waals surface area (Å²) in [5.74, 6) is -1.57. The lowest BCUT2D eigenvalue weighted by atomic mass is 10.1. The van der Waals surface area contributed by atoms with Gasteiger partial charge in [-0.3, -0.25) is 9.59 Å². The van der Waals surface area contributed by atoms with Crippen LogP contribution in [0.2, 0.25) is 0 Å². The minimum atomic E-state index is -0.942. The van der Waals surface area contributed by atoms with Crippen LogP contribution in [0.15, 0.2) is 41.7 Å². The summed E-state index contributed by atoms with van der Waals surface area (Å²) in [5.41, 5.74) is 7.01. The molecule has 0 saturated heterocycles. The molecule has 1 aromatic heterocycles. The molecule has 0 aliphatic heterocycles. The summed E-state index contributed by atoms with van der Waals surface area (Å²) in [7, 11) is 0. The van der Waals surface area contributed by atoms with Crippen molar-refractivity contribution in [3.63, 3.8) is 0 Å². The van der Waals surface area contributed by atoms with E-state index < -0.39 is 17.9 Å². The van der Waals surface area contributed by atoms with Crippen molar-refractivity contribution in [1.29, 1.82) is 0 Å². The Bertz CT molecular complexity index is 655. The average Bonchev–Trinajstić information content (AvgIpc) is 2.88. The second kappa shape index (κ2) is 6.45. The zero-order valence-corrected chi connectivity index (χ0v) is 12.2. The number of thioether (sulfide) groups is 1. The smallest absolute Gasteiger partial charge is 0.313 e. The zero-order valence-electron chi connectivity index (χ0n) is 11.4. The lowest BCUT2D eigenvalue weighted by Crippen LogP contribution is -2.25. The molecule has 0 saturated carbocycles. The normalized spacial score (nSPS) is 12.0. The van der Waals surface area contributed by atoms with E-state index in [0.717, 1.165) is 23.0 Å². The number of rotatable bonds is 6. The topological polar surface area (TPSA) is 98.2 Å². The first-order valence-electron chi connectivity index (χ1n) is 6.27. The molecule has 2 rings (SSSR count). The van der Waals surface area contributed by atoms with Gasteiger partial charge in [0.1, 0.15) is 6.04 Å². The third-order valence-corrected chi connectivity index (χ3v) is 3.91. The Morgan fingerprint density at radius 3 is 2.62 bits per heavy atom. The highest BCUT2D eigenvalue weighted by Crippen LogP contribution is 2.29. The maximum atomic E-state index is 11.5. The van der Waals surface area contributed by atoms with Gasteiger partial charge in [0.05, 0.1) is 17.6 Å². The van der Waals surface area contributed by atoms with Gasteiger partial charge in [0.2, 0.25) is 5.91 Å². The SMILES string of the molecule is CC(C(N)=O)n1c(-c2ccccc2)cnc1SCC(=O)O. The number of nitrogens with two attached hydrogens (primary N) is 1. The number of primary amides is 1. The van der Waals surface area contributed by atoms with Gasteiger partial charge in [0.15, 0.2) is 5.16 Å². The summed E-state index contributed by atoms with van der Waals surface area (Å²) in [4.78, 5) is 26.5. The molecule has 2 aromatic rings. The molecule has 1 heterocycles. The van der Waals surface area contributed by atoms with Crippen LogP contribution in [0.1, 0.15) is 13.0 Å². The summed E-state index contributed by atoms with van der Waals surface area (Å²) in [6.45, 7) is 1.67. The van der Waals surface area contributed by atoms with Crippen molar-refractivity contribution in [2.45, 2.75) is 18.1 Å². The number of carboxylic acid groups (broad SMARTS) is 1. The molecule has 0 bridgehead atoms. The molecular weight excluding hydrogens is 290 g/mol. The second-order valence-corrected chi connectivity index (χ2v) is 5.37. The summed E-state index contributed by atoms with van der Waals surface area (Å²) >= 11 is 1.06. The quantitative estimate of drug-likeness (QED) is 0.793. The molecule has 0 aliphatic carbocycles. The number of carbonyl (C=O) groups is 2. The Hall–Kier alpha value is -2.28. The Labute approximate surface area is 126 Å². The lowest BCUT2D eigenvalue weighted by molar-refractivity contribution is -0.133. The van der Waals surface area contributed by atoms with E-state index in [0.29, 0.717) is 5.16 Å². The van der Waals surface area contributed by atoms with Crippen LogP contribution in [-0.2, 0) is 9.59 Å². The molecule has 1 aromatic carbocycles. The number of hydrogen-bond acceptors (Lipinski definition) is 4. The maximum Gasteiger partial charge on any atom is 0.313 e. The van der Waals surface area contributed by atoms with Crippen LogP contribution in [0.4, 0.5) is 0 Å². The van der Waals surface area contributed by atoms with Gasteiger partial charge < -0.3 is 15.4 Å². The molecule has 0 aliphatic rings. The number of nitrogens with zero attached hydrogens (tertiary/aromatic N) is 2. The fourth-order valence-electron chi connectivity index (χ4n) is 1.90. The Morgan fingerprint density at radius 1 is 1.38 bits per heavy atom. The highest BCUT2D eigenvalue weighted by Gasteiger charge is 2.21. The van der Waals surface area contributed by atoms with E-state index in [-0.39, 0.29) is 5.75 Å². The largest absolute Gasteiger partial charge is 0.481 e. The van der Waals surface area contributed by atoms with E-state index in [1.807, 2.05) is 30.3 Å². The van der Waals surface area contributed by atoms with Gasteiger partial charge in [-0.25, -0.2) is 4.98 Å². The third kappa shape index (κ3) is 3.43. The fourth-order valence-corrected chi connectivity index (χ4v) is 2.68. The van der Waals surface area contributed by atoms with Gasteiger partial charge in [0.25, 0.3) is 0 Å². The fraction of sp³-hybridized carbons (Fsp3) is 0.214. The van der Waals surface area contributed by atoms with Gasteiger partial charge in [-0.2, -0.15) is 0 Å². The van der Waals surface area contributed by atoms with E-state index >= 15 is 0 Å².